The van der Waals surface area contributed by atoms with Crippen molar-refractivity contribution in [2.45, 2.75) is 18.4 Å². The van der Waals surface area contributed by atoms with Gasteiger partial charge >= 0.3 is 0 Å². The number of hydrogen-bond acceptors (Lipinski definition) is 2. The number of aryl methyl sites for hydroxylation is 1. The van der Waals surface area contributed by atoms with Crippen LogP contribution in [-0.2, 0) is 16.6 Å². The molecular formula is C17H16N2O2S. The van der Waals surface area contributed by atoms with Crippen LogP contribution in [0.3, 0.4) is 0 Å². The maximum atomic E-state index is 12.2. The Bertz CT molecular complexity index is 926. The third-order valence-corrected chi connectivity index (χ3v) is 4.78. The number of para-hydroxylation sites is 1. The third-order valence-electron chi connectivity index (χ3n) is 3.53. The first-order chi connectivity index (χ1) is 10.6. The fourth-order valence-corrected chi connectivity index (χ4v) is 3.29. The molecule has 112 valence electrons. The molecular weight excluding hydrogens is 296 g/mol. The van der Waals surface area contributed by atoms with Crippen molar-refractivity contribution in [3.05, 3.63) is 66.4 Å². The molecule has 0 aliphatic carbocycles. The Morgan fingerprint density at radius 1 is 1.05 bits per heavy atom. The average molecular weight is 312 g/mol. The van der Waals surface area contributed by atoms with Crippen LogP contribution in [0, 0.1) is 0 Å². The van der Waals surface area contributed by atoms with E-state index in [1.54, 1.807) is 30.3 Å². The summed E-state index contributed by atoms with van der Waals surface area (Å²) in [4.78, 5) is 0.200. The number of nitrogens with zero attached hydrogens (tertiary/aromatic N) is 2. The molecule has 0 atom stereocenters. The van der Waals surface area contributed by atoms with Crippen molar-refractivity contribution in [1.29, 1.82) is 0 Å². The van der Waals surface area contributed by atoms with Crippen LogP contribution in [0.15, 0.2) is 70.1 Å². The van der Waals surface area contributed by atoms with Gasteiger partial charge in [0.2, 0.25) is 0 Å². The Morgan fingerprint density at radius 2 is 1.73 bits per heavy atom. The van der Waals surface area contributed by atoms with E-state index in [1.807, 2.05) is 37.4 Å². The summed E-state index contributed by atoms with van der Waals surface area (Å²) in [5.74, 6) is 0. The van der Waals surface area contributed by atoms with E-state index < -0.39 is 10.0 Å². The van der Waals surface area contributed by atoms with E-state index in [2.05, 4.69) is 8.96 Å². The van der Waals surface area contributed by atoms with Crippen LogP contribution < -0.4 is 0 Å². The predicted molar refractivity (Wildman–Crippen MR) is 88.8 cm³/mol. The maximum absolute atomic E-state index is 12.2. The smallest absolute Gasteiger partial charge is 0.282 e. The number of benzene rings is 2. The first-order valence-electron chi connectivity index (χ1n) is 7.05. The Kier molecular flexibility index (Phi) is 3.81. The normalized spacial score (nSPS) is 12.2. The predicted octanol–water partition coefficient (Wildman–Crippen LogP) is 3.47. The van der Waals surface area contributed by atoms with Gasteiger partial charge in [0.05, 0.1) is 4.90 Å². The molecule has 2 aromatic carbocycles. The van der Waals surface area contributed by atoms with Crippen molar-refractivity contribution in [1.82, 2.24) is 4.57 Å². The van der Waals surface area contributed by atoms with E-state index in [1.165, 1.54) is 6.21 Å². The zero-order valence-electron chi connectivity index (χ0n) is 12.2. The molecule has 5 heteroatoms. The number of aromatic nitrogens is 1. The highest BCUT2D eigenvalue weighted by Crippen LogP contribution is 2.20. The zero-order chi connectivity index (χ0) is 15.6. The summed E-state index contributed by atoms with van der Waals surface area (Å²) in [6.07, 6.45) is 3.35. The van der Waals surface area contributed by atoms with Crippen molar-refractivity contribution in [2.75, 3.05) is 0 Å². The molecule has 0 bridgehead atoms. The van der Waals surface area contributed by atoms with Crippen LogP contribution in [-0.4, -0.2) is 19.2 Å². The highest BCUT2D eigenvalue weighted by Gasteiger charge is 2.11. The summed E-state index contributed by atoms with van der Waals surface area (Å²) < 4.78 is 30.3. The molecule has 0 spiro atoms. The van der Waals surface area contributed by atoms with E-state index in [0.29, 0.717) is 0 Å². The summed E-state index contributed by atoms with van der Waals surface area (Å²) in [6, 6.07) is 16.1. The topological polar surface area (TPSA) is 51.4 Å². The van der Waals surface area contributed by atoms with Crippen molar-refractivity contribution >= 4 is 27.1 Å². The largest absolute Gasteiger partial charge is 0.347 e. The second-order valence-electron chi connectivity index (χ2n) is 4.91. The zero-order valence-corrected chi connectivity index (χ0v) is 13.0. The molecule has 0 saturated heterocycles. The second kappa shape index (κ2) is 5.77. The van der Waals surface area contributed by atoms with Crippen LogP contribution in [0.1, 0.15) is 12.5 Å². The Labute approximate surface area is 129 Å². The van der Waals surface area contributed by atoms with Crippen molar-refractivity contribution in [2.24, 2.45) is 4.40 Å². The first-order valence-corrected chi connectivity index (χ1v) is 8.49. The number of sulfonamides is 1. The van der Waals surface area contributed by atoms with Gasteiger partial charge in [-0.1, -0.05) is 36.4 Å². The minimum atomic E-state index is -3.66. The molecule has 0 unspecified atom stereocenters. The van der Waals surface area contributed by atoms with Crippen molar-refractivity contribution < 1.29 is 8.42 Å². The maximum Gasteiger partial charge on any atom is 0.282 e. The highest BCUT2D eigenvalue weighted by molar-refractivity contribution is 7.90. The lowest BCUT2D eigenvalue weighted by molar-refractivity contribution is 0.598. The van der Waals surface area contributed by atoms with Gasteiger partial charge in [0.1, 0.15) is 0 Å². The molecule has 0 N–H and O–H groups in total. The van der Waals surface area contributed by atoms with Gasteiger partial charge in [-0.05, 0) is 25.1 Å². The first kappa shape index (κ1) is 14.5. The molecule has 0 aliphatic rings. The summed E-state index contributed by atoms with van der Waals surface area (Å²) in [7, 11) is -3.66. The molecule has 0 radical (unpaired) electrons. The minimum Gasteiger partial charge on any atom is -0.347 e. The van der Waals surface area contributed by atoms with Gasteiger partial charge in [-0.25, -0.2) is 0 Å². The molecule has 0 saturated carbocycles. The fourth-order valence-electron chi connectivity index (χ4n) is 2.42. The van der Waals surface area contributed by atoms with Gasteiger partial charge in [-0.15, -0.1) is 0 Å². The van der Waals surface area contributed by atoms with E-state index in [9.17, 15) is 8.42 Å². The SMILES string of the molecule is CCn1cc(/C=N\S(=O)(=O)c2ccccc2)c2ccccc21. The summed E-state index contributed by atoms with van der Waals surface area (Å²) in [5, 5.41) is 0.997. The number of hydrogen-bond donors (Lipinski definition) is 0. The summed E-state index contributed by atoms with van der Waals surface area (Å²) in [5.41, 5.74) is 1.88. The molecule has 3 rings (SSSR count). The molecule has 4 nitrogen and oxygen atoms in total. The molecule has 22 heavy (non-hydrogen) atoms. The van der Waals surface area contributed by atoms with Crippen LogP contribution in [0.4, 0.5) is 0 Å². The summed E-state index contributed by atoms with van der Waals surface area (Å²) >= 11 is 0. The van der Waals surface area contributed by atoms with Gasteiger partial charge in [0, 0.05) is 35.4 Å². The Morgan fingerprint density at radius 3 is 2.45 bits per heavy atom. The lowest BCUT2D eigenvalue weighted by Crippen LogP contribution is -1.97. The monoisotopic (exact) mass is 312 g/mol. The van der Waals surface area contributed by atoms with E-state index in [-0.39, 0.29) is 4.90 Å². The molecule has 0 fully saturated rings. The lowest BCUT2D eigenvalue weighted by Gasteiger charge is -1.97. The van der Waals surface area contributed by atoms with Crippen LogP contribution in [0.5, 0.6) is 0 Å². The van der Waals surface area contributed by atoms with Crippen LogP contribution in [0.25, 0.3) is 10.9 Å². The van der Waals surface area contributed by atoms with Crippen molar-refractivity contribution in [3.8, 4) is 0 Å². The van der Waals surface area contributed by atoms with Crippen LogP contribution in [0.2, 0.25) is 0 Å². The van der Waals surface area contributed by atoms with Crippen LogP contribution >= 0.6 is 0 Å². The molecule has 1 aromatic heterocycles. The van der Waals surface area contributed by atoms with Crippen molar-refractivity contribution in [3.63, 3.8) is 0 Å². The average Bonchev–Trinajstić information content (AvgIpc) is 2.92. The molecule has 3 aromatic rings. The van der Waals surface area contributed by atoms with Gasteiger partial charge in [-0.3, -0.25) is 0 Å². The molecule has 1 heterocycles. The number of fused-ring (bicyclic) bond motifs is 1. The highest BCUT2D eigenvalue weighted by atomic mass is 32.2. The van der Waals surface area contributed by atoms with Gasteiger partial charge < -0.3 is 4.57 Å². The standard InChI is InChI=1S/C17H16N2O2S/c1-2-19-13-14(16-10-6-7-11-17(16)19)12-18-22(20,21)15-8-4-3-5-9-15/h3-13H,2H2,1H3/b18-12-. The summed E-state index contributed by atoms with van der Waals surface area (Å²) in [6.45, 7) is 2.87. The third kappa shape index (κ3) is 2.67. The molecule has 0 amide bonds. The Hall–Kier alpha value is -2.40. The van der Waals surface area contributed by atoms with Gasteiger partial charge in [0.25, 0.3) is 10.0 Å². The van der Waals surface area contributed by atoms with E-state index >= 15 is 0 Å². The lowest BCUT2D eigenvalue weighted by atomic mass is 10.2. The van der Waals surface area contributed by atoms with E-state index in [0.717, 1.165) is 23.0 Å². The molecule has 0 aliphatic heterocycles. The second-order valence-corrected chi connectivity index (χ2v) is 6.54. The quantitative estimate of drug-likeness (QED) is 0.693. The number of rotatable bonds is 4. The Balaban J connectivity index is 2.03. The fraction of sp³-hybridized carbons (Fsp3) is 0.118. The van der Waals surface area contributed by atoms with E-state index in [4.69, 9.17) is 0 Å². The van der Waals surface area contributed by atoms with Gasteiger partial charge in [0.15, 0.2) is 0 Å². The minimum absolute atomic E-state index is 0.200. The van der Waals surface area contributed by atoms with Gasteiger partial charge in [-0.2, -0.15) is 12.8 Å².